The molecule has 0 bridgehead atoms. The number of amides is 1. The molecule has 3 rings (SSSR count). The summed E-state index contributed by atoms with van der Waals surface area (Å²) in [6.07, 6.45) is 4.41. The van der Waals surface area contributed by atoms with Crippen LogP contribution in [0.4, 0.5) is 5.69 Å². The second-order valence-corrected chi connectivity index (χ2v) is 6.91. The number of ether oxygens (including phenoxy) is 1. The zero-order valence-corrected chi connectivity index (χ0v) is 20.2. The number of carbonyl (C=O) groups excluding carboxylic acids is 1. The number of piperazine rings is 1. The van der Waals surface area contributed by atoms with Crippen LogP contribution in [-0.4, -0.2) is 65.9 Å². The number of benzene rings is 1. The van der Waals surface area contributed by atoms with Crippen LogP contribution in [0.5, 0.6) is 5.75 Å². The lowest BCUT2D eigenvalue weighted by Crippen LogP contribution is -2.55. The Morgan fingerprint density at radius 2 is 2.13 bits per heavy atom. The summed E-state index contributed by atoms with van der Waals surface area (Å²) >= 11 is 0. The van der Waals surface area contributed by atoms with Crippen molar-refractivity contribution in [2.24, 2.45) is 12.0 Å². The topological polar surface area (TPSA) is 75.0 Å². The smallest absolute Gasteiger partial charge is 0.246 e. The highest BCUT2D eigenvalue weighted by Crippen LogP contribution is 2.16. The summed E-state index contributed by atoms with van der Waals surface area (Å²) < 4.78 is 7.27. The molecule has 30 heavy (non-hydrogen) atoms. The van der Waals surface area contributed by atoms with Gasteiger partial charge in [-0.2, -0.15) is 5.10 Å². The van der Waals surface area contributed by atoms with E-state index in [-0.39, 0.29) is 29.9 Å². The highest BCUT2D eigenvalue weighted by molar-refractivity contribution is 14.0. The Balaban J connectivity index is 0.00000320. The Morgan fingerprint density at radius 1 is 1.30 bits per heavy atom. The number of hydrogen-bond donors (Lipinski definition) is 1. The zero-order chi connectivity index (χ0) is 20.6. The van der Waals surface area contributed by atoms with Gasteiger partial charge in [-0.25, -0.2) is 0 Å². The lowest BCUT2D eigenvalue weighted by atomic mass is 10.1. The molecule has 0 atom stereocenters. The molecule has 1 amide bonds. The van der Waals surface area contributed by atoms with Gasteiger partial charge in [-0.3, -0.25) is 14.5 Å². The molecule has 8 nitrogen and oxygen atoms in total. The van der Waals surface area contributed by atoms with Gasteiger partial charge in [-0.15, -0.1) is 24.0 Å². The Labute approximate surface area is 195 Å². The number of aromatic nitrogens is 2. The Bertz CT molecular complexity index is 854. The number of rotatable bonds is 7. The maximum absolute atomic E-state index is 12.7. The van der Waals surface area contributed by atoms with Gasteiger partial charge in [0.15, 0.2) is 5.96 Å². The molecule has 1 saturated heterocycles. The highest BCUT2D eigenvalue weighted by atomic mass is 127. The molecule has 1 fully saturated rings. The average Bonchev–Trinajstić information content (AvgIpc) is 3.14. The summed E-state index contributed by atoms with van der Waals surface area (Å²) in [7, 11) is 1.85. The summed E-state index contributed by atoms with van der Waals surface area (Å²) in [5.74, 6) is 1.73. The second-order valence-electron chi connectivity index (χ2n) is 6.91. The van der Waals surface area contributed by atoms with Crippen LogP contribution in [0.1, 0.15) is 19.4 Å². The standard InChI is InChI=1S/C21H30N6O2.HI/c1-4-22-21(23-10-9-17-7-6-8-19(13-17)29-5-2)26-11-12-27(20(28)16-26)18-14-24-25(3)15-18;/h6-8,13-15H,4-5,9-12,16H2,1-3H3,(H,22,23);1H. The molecule has 2 heterocycles. The van der Waals surface area contributed by atoms with Crippen LogP contribution in [-0.2, 0) is 18.3 Å². The summed E-state index contributed by atoms with van der Waals surface area (Å²) in [5, 5.41) is 7.47. The molecular weight excluding hydrogens is 495 g/mol. The summed E-state index contributed by atoms with van der Waals surface area (Å²) in [4.78, 5) is 21.2. The fourth-order valence-electron chi connectivity index (χ4n) is 3.35. The summed E-state index contributed by atoms with van der Waals surface area (Å²) in [6, 6.07) is 8.11. The molecule has 1 aliphatic heterocycles. The van der Waals surface area contributed by atoms with Crippen molar-refractivity contribution in [2.75, 3.05) is 44.2 Å². The lowest BCUT2D eigenvalue weighted by Gasteiger charge is -2.35. The van der Waals surface area contributed by atoms with Gasteiger partial charge < -0.3 is 19.9 Å². The van der Waals surface area contributed by atoms with Gasteiger partial charge in [-0.1, -0.05) is 12.1 Å². The van der Waals surface area contributed by atoms with Crippen molar-refractivity contribution < 1.29 is 9.53 Å². The molecule has 1 N–H and O–H groups in total. The van der Waals surface area contributed by atoms with Crippen LogP contribution in [0.2, 0.25) is 0 Å². The first-order chi connectivity index (χ1) is 14.1. The van der Waals surface area contributed by atoms with Crippen LogP contribution in [0.25, 0.3) is 0 Å². The number of nitrogens with zero attached hydrogens (tertiary/aromatic N) is 5. The number of nitrogens with one attached hydrogen (secondary N) is 1. The van der Waals surface area contributed by atoms with E-state index in [0.717, 1.165) is 36.9 Å². The minimum absolute atomic E-state index is 0. The third kappa shape index (κ3) is 6.35. The van der Waals surface area contributed by atoms with Gasteiger partial charge in [0.1, 0.15) is 12.3 Å². The molecule has 1 aliphatic rings. The maximum atomic E-state index is 12.7. The van der Waals surface area contributed by atoms with Gasteiger partial charge in [0, 0.05) is 39.4 Å². The number of hydrogen-bond acceptors (Lipinski definition) is 4. The third-order valence-electron chi connectivity index (χ3n) is 4.73. The normalized spacial score (nSPS) is 14.5. The molecule has 0 aliphatic carbocycles. The average molecular weight is 526 g/mol. The minimum Gasteiger partial charge on any atom is -0.494 e. The van der Waals surface area contributed by atoms with Crippen molar-refractivity contribution in [1.82, 2.24) is 20.0 Å². The van der Waals surface area contributed by atoms with E-state index in [1.165, 1.54) is 5.56 Å². The van der Waals surface area contributed by atoms with Crippen LogP contribution < -0.4 is 15.0 Å². The molecule has 1 aromatic heterocycles. The van der Waals surface area contributed by atoms with Crippen LogP contribution in [0.3, 0.4) is 0 Å². The fourth-order valence-corrected chi connectivity index (χ4v) is 3.35. The monoisotopic (exact) mass is 526 g/mol. The molecular formula is C21H31IN6O2. The minimum atomic E-state index is 0. The van der Waals surface area contributed by atoms with Crippen molar-refractivity contribution in [3.63, 3.8) is 0 Å². The largest absolute Gasteiger partial charge is 0.494 e. The van der Waals surface area contributed by atoms with E-state index < -0.39 is 0 Å². The molecule has 9 heteroatoms. The van der Waals surface area contributed by atoms with E-state index in [1.54, 1.807) is 15.8 Å². The number of aryl methyl sites for hydroxylation is 1. The van der Waals surface area contributed by atoms with Gasteiger partial charge in [0.25, 0.3) is 0 Å². The summed E-state index contributed by atoms with van der Waals surface area (Å²) in [6.45, 7) is 7.73. The second kappa shape index (κ2) is 11.8. The third-order valence-corrected chi connectivity index (χ3v) is 4.73. The van der Waals surface area contributed by atoms with E-state index in [1.807, 2.05) is 44.1 Å². The Hall–Kier alpha value is -2.30. The number of anilines is 1. The zero-order valence-electron chi connectivity index (χ0n) is 17.9. The molecule has 164 valence electrons. The Kier molecular flexibility index (Phi) is 9.41. The highest BCUT2D eigenvalue weighted by Gasteiger charge is 2.27. The first-order valence-corrected chi connectivity index (χ1v) is 10.1. The van der Waals surface area contributed by atoms with Gasteiger partial charge in [0.2, 0.25) is 5.91 Å². The molecule has 0 spiro atoms. The van der Waals surface area contributed by atoms with Crippen LogP contribution in [0.15, 0.2) is 41.7 Å². The fraction of sp³-hybridized carbons (Fsp3) is 0.476. The first-order valence-electron chi connectivity index (χ1n) is 10.1. The first kappa shape index (κ1) is 24.0. The predicted molar refractivity (Wildman–Crippen MR) is 130 cm³/mol. The van der Waals surface area contributed by atoms with Crippen molar-refractivity contribution in [1.29, 1.82) is 0 Å². The number of carbonyl (C=O) groups is 1. The predicted octanol–water partition coefficient (Wildman–Crippen LogP) is 2.29. The van der Waals surface area contributed by atoms with Crippen molar-refractivity contribution in [3.8, 4) is 5.75 Å². The van der Waals surface area contributed by atoms with Gasteiger partial charge in [0.05, 0.1) is 18.5 Å². The molecule has 0 unspecified atom stereocenters. The molecule has 2 aromatic rings. The molecule has 1 aromatic carbocycles. The van der Waals surface area contributed by atoms with Crippen molar-refractivity contribution in [3.05, 3.63) is 42.2 Å². The van der Waals surface area contributed by atoms with E-state index in [2.05, 4.69) is 22.5 Å². The van der Waals surface area contributed by atoms with E-state index >= 15 is 0 Å². The SMILES string of the molecule is CCNC(=NCCc1cccc(OCC)c1)N1CCN(c2cnn(C)c2)C(=O)C1.I. The maximum Gasteiger partial charge on any atom is 0.246 e. The van der Waals surface area contributed by atoms with Crippen molar-refractivity contribution >= 4 is 41.5 Å². The van der Waals surface area contributed by atoms with E-state index in [4.69, 9.17) is 9.73 Å². The van der Waals surface area contributed by atoms with E-state index in [0.29, 0.717) is 26.2 Å². The quantitative estimate of drug-likeness (QED) is 0.341. The lowest BCUT2D eigenvalue weighted by molar-refractivity contribution is -0.120. The van der Waals surface area contributed by atoms with E-state index in [9.17, 15) is 4.79 Å². The van der Waals surface area contributed by atoms with Crippen molar-refractivity contribution in [2.45, 2.75) is 20.3 Å². The number of halogens is 1. The molecule has 0 radical (unpaired) electrons. The number of guanidine groups is 1. The summed E-state index contributed by atoms with van der Waals surface area (Å²) in [5.41, 5.74) is 2.03. The van der Waals surface area contributed by atoms with Gasteiger partial charge in [-0.05, 0) is 38.0 Å². The van der Waals surface area contributed by atoms with Crippen LogP contribution in [0, 0.1) is 0 Å². The van der Waals surface area contributed by atoms with Gasteiger partial charge >= 0.3 is 0 Å². The van der Waals surface area contributed by atoms with Crippen LogP contribution >= 0.6 is 24.0 Å². The number of aliphatic imine (C=N–C) groups is 1. The Morgan fingerprint density at radius 3 is 2.80 bits per heavy atom. The molecule has 0 saturated carbocycles.